The lowest BCUT2D eigenvalue weighted by molar-refractivity contribution is -0.114. The van der Waals surface area contributed by atoms with Crippen molar-refractivity contribution < 1.29 is 18.7 Å². The van der Waals surface area contributed by atoms with E-state index < -0.39 is 11.6 Å². The van der Waals surface area contributed by atoms with E-state index >= 15 is 0 Å². The first-order valence-electron chi connectivity index (χ1n) is 11.9. The van der Waals surface area contributed by atoms with Crippen molar-refractivity contribution in [2.75, 3.05) is 50.6 Å². The average Bonchev–Trinajstić information content (AvgIpc) is 2.87. The molecule has 6 nitrogen and oxygen atoms in total. The number of benzene rings is 3. The molecule has 0 aromatic heterocycles. The number of carbonyl (C=O) groups excluding carboxylic acids is 2. The molecule has 186 valence electrons. The monoisotopic (exact) mass is 487 g/mol. The van der Waals surface area contributed by atoms with Crippen molar-refractivity contribution in [1.29, 1.82) is 0 Å². The molecule has 0 atom stereocenters. The number of nitrogens with one attached hydrogen (secondary N) is 1. The Morgan fingerprint density at radius 1 is 0.944 bits per heavy atom. The summed E-state index contributed by atoms with van der Waals surface area (Å²) in [4.78, 5) is 28.7. The van der Waals surface area contributed by atoms with Crippen LogP contribution >= 0.6 is 0 Å². The molecule has 1 heterocycles. The van der Waals surface area contributed by atoms with Gasteiger partial charge in [0.15, 0.2) is 5.78 Å². The molecule has 0 radical (unpaired) electrons. The molecule has 1 amide bonds. The summed E-state index contributed by atoms with van der Waals surface area (Å²) >= 11 is 0. The number of amides is 1. The van der Waals surface area contributed by atoms with E-state index in [1.807, 2.05) is 30.3 Å². The first-order valence-corrected chi connectivity index (χ1v) is 11.9. The number of anilines is 2. The fourth-order valence-corrected chi connectivity index (χ4v) is 4.23. The number of hydrogen-bond donors (Lipinski definition) is 1. The molecule has 36 heavy (non-hydrogen) atoms. The maximum atomic E-state index is 14.4. The summed E-state index contributed by atoms with van der Waals surface area (Å²) in [5, 5.41) is 2.77. The molecule has 1 aliphatic rings. The largest absolute Gasteiger partial charge is 0.497 e. The van der Waals surface area contributed by atoms with Crippen LogP contribution in [0.1, 0.15) is 22.8 Å². The smallest absolute Gasteiger partial charge is 0.221 e. The molecule has 7 heteroatoms. The highest BCUT2D eigenvalue weighted by Gasteiger charge is 2.17. The van der Waals surface area contributed by atoms with Gasteiger partial charge in [-0.25, -0.2) is 4.39 Å². The first kappa shape index (κ1) is 25.1. The molecule has 0 unspecified atom stereocenters. The van der Waals surface area contributed by atoms with Crippen molar-refractivity contribution in [2.45, 2.75) is 6.92 Å². The Hall–Kier alpha value is -3.97. The van der Waals surface area contributed by atoms with Gasteiger partial charge in [-0.05, 0) is 72.3 Å². The van der Waals surface area contributed by atoms with Crippen LogP contribution in [0.2, 0.25) is 0 Å². The van der Waals surface area contributed by atoms with Crippen molar-refractivity contribution >= 4 is 29.1 Å². The van der Waals surface area contributed by atoms with Gasteiger partial charge in [0.2, 0.25) is 5.91 Å². The second-order valence-corrected chi connectivity index (χ2v) is 8.87. The minimum atomic E-state index is -0.615. The Bertz CT molecular complexity index is 1280. The number of allylic oxidation sites excluding steroid dienone is 1. The van der Waals surface area contributed by atoms with Crippen molar-refractivity contribution in [3.8, 4) is 16.9 Å². The Labute approximate surface area is 211 Å². The maximum absolute atomic E-state index is 14.4. The van der Waals surface area contributed by atoms with Crippen LogP contribution < -0.4 is 15.0 Å². The van der Waals surface area contributed by atoms with E-state index in [2.05, 4.69) is 34.3 Å². The van der Waals surface area contributed by atoms with E-state index in [1.165, 1.54) is 32.2 Å². The third kappa shape index (κ3) is 5.98. The van der Waals surface area contributed by atoms with Crippen LogP contribution in [-0.2, 0) is 4.79 Å². The molecule has 1 aliphatic heterocycles. The van der Waals surface area contributed by atoms with E-state index in [9.17, 15) is 14.0 Å². The average molecular weight is 488 g/mol. The highest BCUT2D eigenvalue weighted by atomic mass is 19.1. The Morgan fingerprint density at radius 3 is 2.28 bits per heavy atom. The van der Waals surface area contributed by atoms with E-state index in [4.69, 9.17) is 4.74 Å². The van der Waals surface area contributed by atoms with Crippen LogP contribution in [-0.4, -0.2) is 56.9 Å². The number of carbonyl (C=O) groups is 2. The number of ketones is 1. The summed E-state index contributed by atoms with van der Waals surface area (Å²) in [5.74, 6) is -0.784. The predicted molar refractivity (Wildman–Crippen MR) is 142 cm³/mol. The number of ether oxygens (including phenoxy) is 1. The second kappa shape index (κ2) is 11.2. The van der Waals surface area contributed by atoms with Crippen molar-refractivity contribution in [3.05, 3.63) is 83.7 Å². The molecule has 0 aliphatic carbocycles. The van der Waals surface area contributed by atoms with Gasteiger partial charge >= 0.3 is 0 Å². The minimum absolute atomic E-state index is 0.00193. The lowest BCUT2D eigenvalue weighted by Crippen LogP contribution is -2.44. The number of methoxy groups -OCH3 is 1. The molecule has 0 saturated carbocycles. The zero-order chi connectivity index (χ0) is 25.7. The Balaban J connectivity index is 1.66. The highest BCUT2D eigenvalue weighted by Crippen LogP contribution is 2.30. The first-order chi connectivity index (χ1) is 17.3. The molecular weight excluding hydrogens is 457 g/mol. The summed E-state index contributed by atoms with van der Waals surface area (Å²) in [5.41, 5.74) is 4.60. The topological polar surface area (TPSA) is 61.9 Å². The van der Waals surface area contributed by atoms with Gasteiger partial charge in [0, 0.05) is 50.5 Å². The Kier molecular flexibility index (Phi) is 7.80. The summed E-state index contributed by atoms with van der Waals surface area (Å²) in [7, 11) is 3.56. The SMILES string of the molecule is COc1ccc(C(=O)C=Cc2cc(-c3ccc(NC(C)=O)cc3)ccc2N2CCN(C)CC2)c(F)c1. The highest BCUT2D eigenvalue weighted by molar-refractivity contribution is 6.07. The van der Waals surface area contributed by atoms with Crippen LogP contribution in [0.5, 0.6) is 5.75 Å². The number of rotatable bonds is 7. The fourth-order valence-electron chi connectivity index (χ4n) is 4.23. The molecule has 1 fully saturated rings. The third-order valence-electron chi connectivity index (χ3n) is 6.27. The summed E-state index contributed by atoms with van der Waals surface area (Å²) in [6, 6.07) is 18.0. The van der Waals surface area contributed by atoms with E-state index in [0.717, 1.165) is 54.2 Å². The zero-order valence-corrected chi connectivity index (χ0v) is 20.8. The standard InChI is InChI=1S/C29H30FN3O3/c1-20(34)31-24-8-4-21(5-9-24)22-6-12-28(33-16-14-32(2)15-17-33)23(18-22)7-13-29(35)26-11-10-25(36-3)19-27(26)30/h4-13,18-19H,14-17H2,1-3H3,(H,31,34). The van der Waals surface area contributed by atoms with Gasteiger partial charge in [0.1, 0.15) is 11.6 Å². The molecule has 3 aromatic rings. The molecule has 1 saturated heterocycles. The Morgan fingerprint density at radius 2 is 1.64 bits per heavy atom. The van der Waals surface area contributed by atoms with Crippen LogP contribution in [0, 0.1) is 5.82 Å². The molecule has 0 spiro atoms. The van der Waals surface area contributed by atoms with Crippen molar-refractivity contribution in [2.24, 2.45) is 0 Å². The third-order valence-corrected chi connectivity index (χ3v) is 6.27. The number of likely N-dealkylation sites (N-methyl/N-ethyl adjacent to an activating group) is 1. The van der Waals surface area contributed by atoms with Crippen molar-refractivity contribution in [3.63, 3.8) is 0 Å². The normalized spacial score (nSPS) is 14.2. The number of piperazine rings is 1. The van der Waals surface area contributed by atoms with E-state index in [1.54, 1.807) is 12.1 Å². The van der Waals surface area contributed by atoms with Crippen LogP contribution in [0.3, 0.4) is 0 Å². The fraction of sp³-hybridized carbons (Fsp3) is 0.241. The summed E-state index contributed by atoms with van der Waals surface area (Å²) < 4.78 is 19.5. The molecule has 0 bridgehead atoms. The van der Waals surface area contributed by atoms with Crippen LogP contribution in [0.25, 0.3) is 17.2 Å². The number of halogens is 1. The molecule has 1 N–H and O–H groups in total. The minimum Gasteiger partial charge on any atom is -0.497 e. The molecule has 4 rings (SSSR count). The zero-order valence-electron chi connectivity index (χ0n) is 20.8. The second-order valence-electron chi connectivity index (χ2n) is 8.87. The number of hydrogen-bond acceptors (Lipinski definition) is 5. The van der Waals surface area contributed by atoms with Gasteiger partial charge in [-0.1, -0.05) is 18.2 Å². The van der Waals surface area contributed by atoms with Gasteiger partial charge in [-0.15, -0.1) is 0 Å². The van der Waals surface area contributed by atoms with Crippen molar-refractivity contribution in [1.82, 2.24) is 4.90 Å². The van der Waals surface area contributed by atoms with Gasteiger partial charge in [0.05, 0.1) is 12.7 Å². The maximum Gasteiger partial charge on any atom is 0.221 e. The predicted octanol–water partition coefficient (Wildman–Crippen LogP) is 5.11. The van der Waals surface area contributed by atoms with E-state index in [0.29, 0.717) is 5.75 Å². The summed E-state index contributed by atoms with van der Waals surface area (Å²) in [6.45, 7) is 5.13. The van der Waals surface area contributed by atoms with Gasteiger partial charge in [-0.2, -0.15) is 0 Å². The number of nitrogens with zero attached hydrogens (tertiary/aromatic N) is 2. The van der Waals surface area contributed by atoms with Gasteiger partial charge in [0.25, 0.3) is 0 Å². The van der Waals surface area contributed by atoms with Gasteiger partial charge < -0.3 is 19.9 Å². The quantitative estimate of drug-likeness (QED) is 0.371. The lowest BCUT2D eigenvalue weighted by Gasteiger charge is -2.35. The lowest BCUT2D eigenvalue weighted by atomic mass is 9.99. The summed E-state index contributed by atoms with van der Waals surface area (Å²) in [6.07, 6.45) is 3.18. The molecule has 3 aromatic carbocycles. The van der Waals surface area contributed by atoms with Gasteiger partial charge in [-0.3, -0.25) is 9.59 Å². The van der Waals surface area contributed by atoms with Crippen LogP contribution in [0.15, 0.2) is 66.7 Å². The van der Waals surface area contributed by atoms with E-state index in [-0.39, 0.29) is 11.5 Å². The molecular formula is C29H30FN3O3. The van der Waals surface area contributed by atoms with Crippen LogP contribution in [0.4, 0.5) is 15.8 Å².